The Morgan fingerprint density at radius 1 is 1.16 bits per heavy atom. The van der Waals surface area contributed by atoms with Crippen LogP contribution in [0.3, 0.4) is 0 Å². The number of anilines is 2. The van der Waals surface area contributed by atoms with Crippen molar-refractivity contribution in [2.45, 2.75) is 13.0 Å². The van der Waals surface area contributed by atoms with Crippen molar-refractivity contribution in [2.24, 2.45) is 4.99 Å². The molecule has 0 unspecified atom stereocenters. The summed E-state index contributed by atoms with van der Waals surface area (Å²) in [5.74, 6) is -0.0945. The third-order valence-corrected chi connectivity index (χ3v) is 3.70. The predicted octanol–water partition coefficient (Wildman–Crippen LogP) is 1.97. The zero-order chi connectivity index (χ0) is 17.8. The molecule has 128 valence electrons. The van der Waals surface area contributed by atoms with Gasteiger partial charge in [0.15, 0.2) is 0 Å². The highest BCUT2D eigenvalue weighted by molar-refractivity contribution is 6.43. The van der Waals surface area contributed by atoms with Gasteiger partial charge in [-0.3, -0.25) is 15.0 Å². The normalized spacial score (nSPS) is 16.7. The first-order valence-corrected chi connectivity index (χ1v) is 7.78. The zero-order valence-corrected chi connectivity index (χ0v) is 13.9. The number of hydrazine groups is 1. The molecule has 2 N–H and O–H groups in total. The lowest BCUT2D eigenvalue weighted by atomic mass is 10.2. The van der Waals surface area contributed by atoms with Gasteiger partial charge in [0.2, 0.25) is 5.84 Å². The molecule has 1 atom stereocenters. The molecule has 1 heterocycles. The van der Waals surface area contributed by atoms with E-state index in [0.29, 0.717) is 17.1 Å². The van der Waals surface area contributed by atoms with Gasteiger partial charge in [-0.2, -0.15) is 0 Å². The number of amidine groups is 1. The number of carbonyl (C=O) groups is 2. The fraction of sp³-hybridized carbons (Fsp3) is 0.167. The second-order valence-electron chi connectivity index (χ2n) is 5.43. The first-order chi connectivity index (χ1) is 12.1. The highest BCUT2D eigenvalue weighted by Crippen LogP contribution is 2.23. The molecule has 1 aliphatic heterocycles. The van der Waals surface area contributed by atoms with Crippen molar-refractivity contribution < 1.29 is 14.3 Å². The van der Waals surface area contributed by atoms with Crippen molar-refractivity contribution >= 4 is 29.0 Å². The number of hydrogen-bond donors (Lipinski definition) is 2. The van der Waals surface area contributed by atoms with Crippen LogP contribution in [0.2, 0.25) is 0 Å². The molecule has 0 saturated carbocycles. The van der Waals surface area contributed by atoms with Gasteiger partial charge in [-0.15, -0.1) is 0 Å². The van der Waals surface area contributed by atoms with Crippen LogP contribution >= 0.6 is 0 Å². The number of ether oxygens (including phenoxy) is 1. The molecule has 0 fully saturated rings. The van der Waals surface area contributed by atoms with E-state index in [9.17, 15) is 9.59 Å². The number of nitrogens with zero attached hydrogens (tertiary/aromatic N) is 2. The lowest BCUT2D eigenvalue weighted by Gasteiger charge is -2.30. The number of benzene rings is 2. The van der Waals surface area contributed by atoms with E-state index in [4.69, 9.17) is 4.74 Å². The molecule has 2 aromatic carbocycles. The monoisotopic (exact) mass is 338 g/mol. The maximum absolute atomic E-state index is 12.6. The van der Waals surface area contributed by atoms with Gasteiger partial charge in [-0.1, -0.05) is 30.3 Å². The minimum Gasteiger partial charge on any atom is -0.495 e. The van der Waals surface area contributed by atoms with E-state index in [2.05, 4.69) is 15.7 Å². The van der Waals surface area contributed by atoms with Crippen LogP contribution in [-0.2, 0) is 9.59 Å². The summed E-state index contributed by atoms with van der Waals surface area (Å²) < 4.78 is 5.22. The lowest BCUT2D eigenvalue weighted by Crippen LogP contribution is -2.57. The maximum atomic E-state index is 12.6. The molecule has 7 heteroatoms. The van der Waals surface area contributed by atoms with E-state index in [1.165, 1.54) is 12.1 Å². The molecule has 7 nitrogen and oxygen atoms in total. The smallest absolute Gasteiger partial charge is 0.292 e. The maximum Gasteiger partial charge on any atom is 0.292 e. The summed E-state index contributed by atoms with van der Waals surface area (Å²) in [5, 5.41) is 4.07. The summed E-state index contributed by atoms with van der Waals surface area (Å²) in [7, 11) is 1.53. The van der Waals surface area contributed by atoms with Gasteiger partial charge >= 0.3 is 0 Å². The second kappa shape index (κ2) is 7.04. The fourth-order valence-corrected chi connectivity index (χ4v) is 2.43. The van der Waals surface area contributed by atoms with Crippen LogP contribution in [0.1, 0.15) is 6.92 Å². The number of carbonyl (C=O) groups excluding carboxylic acids is 2. The van der Waals surface area contributed by atoms with Crippen LogP contribution in [0.25, 0.3) is 0 Å². The van der Waals surface area contributed by atoms with Gasteiger partial charge in [0.25, 0.3) is 11.8 Å². The molecule has 0 aromatic heterocycles. The third-order valence-electron chi connectivity index (χ3n) is 3.70. The quantitative estimate of drug-likeness (QED) is 0.893. The van der Waals surface area contributed by atoms with Crippen molar-refractivity contribution in [1.82, 2.24) is 5.43 Å². The summed E-state index contributed by atoms with van der Waals surface area (Å²) in [6.45, 7) is 1.65. The molecule has 0 aliphatic carbocycles. The molecule has 0 saturated heterocycles. The van der Waals surface area contributed by atoms with Crippen LogP contribution < -0.4 is 20.5 Å². The first kappa shape index (κ1) is 16.5. The van der Waals surface area contributed by atoms with Gasteiger partial charge in [0.1, 0.15) is 11.8 Å². The third kappa shape index (κ3) is 3.45. The number of aliphatic imine (C=N–C) groups is 1. The van der Waals surface area contributed by atoms with Gasteiger partial charge in [0, 0.05) is 0 Å². The van der Waals surface area contributed by atoms with Gasteiger partial charge in [0.05, 0.1) is 18.5 Å². The summed E-state index contributed by atoms with van der Waals surface area (Å²) >= 11 is 0. The van der Waals surface area contributed by atoms with E-state index in [1.807, 2.05) is 24.3 Å². The lowest BCUT2D eigenvalue weighted by molar-refractivity contribution is -0.120. The van der Waals surface area contributed by atoms with Crippen molar-refractivity contribution in [2.75, 3.05) is 17.4 Å². The van der Waals surface area contributed by atoms with E-state index >= 15 is 0 Å². The van der Waals surface area contributed by atoms with Gasteiger partial charge < -0.3 is 10.1 Å². The Hall–Kier alpha value is -3.35. The summed E-state index contributed by atoms with van der Waals surface area (Å²) in [4.78, 5) is 29.1. The van der Waals surface area contributed by atoms with Crippen molar-refractivity contribution in [3.63, 3.8) is 0 Å². The second-order valence-corrected chi connectivity index (χ2v) is 5.43. The highest BCUT2D eigenvalue weighted by Gasteiger charge is 2.30. The number of rotatable bonds is 4. The van der Waals surface area contributed by atoms with E-state index < -0.39 is 11.9 Å². The number of amides is 2. The minimum absolute atomic E-state index is 0.0573. The van der Waals surface area contributed by atoms with Crippen LogP contribution in [-0.4, -0.2) is 30.8 Å². The Bertz CT molecular complexity index is 820. The molecule has 0 radical (unpaired) electrons. The zero-order valence-electron chi connectivity index (χ0n) is 13.9. The van der Waals surface area contributed by atoms with E-state index in [1.54, 1.807) is 37.3 Å². The molecule has 2 aromatic rings. The van der Waals surface area contributed by atoms with Crippen LogP contribution in [0.15, 0.2) is 59.6 Å². The van der Waals surface area contributed by atoms with Gasteiger partial charge in [-0.25, -0.2) is 10.0 Å². The molecular weight excluding hydrogens is 320 g/mol. The first-order valence-electron chi connectivity index (χ1n) is 7.78. The standard InChI is InChI=1S/C18H18N4O3/c1-12-18(24)22(13-8-4-3-5-9-13)21-16(19-12)17(23)20-14-10-6-7-11-15(14)25-2/h3-12H,1-2H3,(H,19,21)(H,20,23)/t12-/m0/s1. The molecule has 1 aliphatic rings. The number of methoxy groups -OCH3 is 1. The number of nitrogens with one attached hydrogen (secondary N) is 2. The Kier molecular flexibility index (Phi) is 4.65. The predicted molar refractivity (Wildman–Crippen MR) is 95.6 cm³/mol. The Balaban J connectivity index is 1.83. The van der Waals surface area contributed by atoms with Crippen LogP contribution in [0.5, 0.6) is 5.75 Å². The van der Waals surface area contributed by atoms with Crippen LogP contribution in [0.4, 0.5) is 11.4 Å². The average Bonchev–Trinajstić information content (AvgIpc) is 2.65. The van der Waals surface area contributed by atoms with Gasteiger partial charge in [-0.05, 0) is 31.2 Å². The number of para-hydroxylation sites is 3. The Morgan fingerprint density at radius 3 is 2.56 bits per heavy atom. The molecule has 3 rings (SSSR count). The molecule has 2 amide bonds. The molecule has 0 bridgehead atoms. The molecular formula is C18H18N4O3. The largest absolute Gasteiger partial charge is 0.495 e. The highest BCUT2D eigenvalue weighted by atomic mass is 16.5. The van der Waals surface area contributed by atoms with Crippen molar-refractivity contribution in [3.05, 3.63) is 54.6 Å². The minimum atomic E-state index is -0.667. The molecule has 0 spiro atoms. The topological polar surface area (TPSA) is 83.0 Å². The van der Waals surface area contributed by atoms with E-state index in [0.717, 1.165) is 0 Å². The Labute approximate surface area is 145 Å². The number of hydrogen-bond acceptors (Lipinski definition) is 5. The summed E-state index contributed by atoms with van der Waals surface area (Å²) in [5.41, 5.74) is 3.95. The summed E-state index contributed by atoms with van der Waals surface area (Å²) in [6, 6.07) is 15.4. The van der Waals surface area contributed by atoms with E-state index in [-0.39, 0.29) is 11.7 Å². The average molecular weight is 338 g/mol. The van der Waals surface area contributed by atoms with Crippen molar-refractivity contribution in [3.8, 4) is 5.75 Å². The SMILES string of the molecule is COc1ccccc1NC(=O)C1=N[C@@H](C)C(=O)N(c2ccccc2)N1. The fourth-order valence-electron chi connectivity index (χ4n) is 2.43. The van der Waals surface area contributed by atoms with Crippen LogP contribution in [0, 0.1) is 0 Å². The van der Waals surface area contributed by atoms with Crippen molar-refractivity contribution in [1.29, 1.82) is 0 Å². The Morgan fingerprint density at radius 2 is 1.84 bits per heavy atom. The summed E-state index contributed by atoms with van der Waals surface area (Å²) in [6.07, 6.45) is 0. The molecule has 25 heavy (non-hydrogen) atoms.